The van der Waals surface area contributed by atoms with Crippen LogP contribution in [0, 0.1) is 5.41 Å². The van der Waals surface area contributed by atoms with Crippen molar-refractivity contribution in [2.75, 3.05) is 6.61 Å². The normalized spacial score (nSPS) is 13.1. The Morgan fingerprint density at radius 1 is 1.29 bits per heavy atom. The lowest BCUT2D eigenvalue weighted by Gasteiger charge is -2.30. The van der Waals surface area contributed by atoms with E-state index in [1.165, 1.54) is 0 Å². The molecule has 0 amide bonds. The fraction of sp³-hybridized carbons (Fsp3) is 0.455. The average Bonchev–Trinajstić information content (AvgIpc) is 2.22. The van der Waals surface area contributed by atoms with Crippen molar-refractivity contribution in [2.24, 2.45) is 11.1 Å². The standard InChI is InChI=1S/C11H14Cl3NO.ClH/c1-11(2,5-16)10(15)7-3-6(12)4-8(13)9(7)14;/h3-4,10,16H,5,15H2,1-2H3;1H/t10-;/m1./s1. The van der Waals surface area contributed by atoms with Gasteiger partial charge in [-0.05, 0) is 17.7 Å². The second-order valence-electron chi connectivity index (χ2n) is 4.42. The maximum atomic E-state index is 9.27. The van der Waals surface area contributed by atoms with Gasteiger partial charge >= 0.3 is 0 Å². The number of rotatable bonds is 3. The highest BCUT2D eigenvalue weighted by Gasteiger charge is 2.29. The summed E-state index contributed by atoms with van der Waals surface area (Å²) in [5.74, 6) is 0. The summed E-state index contributed by atoms with van der Waals surface area (Å²) in [5.41, 5.74) is 6.22. The minimum Gasteiger partial charge on any atom is -0.396 e. The first-order valence-corrected chi connectivity index (χ1v) is 5.94. The van der Waals surface area contributed by atoms with Gasteiger partial charge in [-0.1, -0.05) is 48.7 Å². The first kappa shape index (κ1) is 17.3. The maximum Gasteiger partial charge on any atom is 0.0641 e. The number of aliphatic hydroxyl groups excluding tert-OH is 1. The zero-order valence-corrected chi connectivity index (χ0v) is 12.6. The molecule has 0 aromatic heterocycles. The number of hydrogen-bond donors (Lipinski definition) is 2. The second-order valence-corrected chi connectivity index (χ2v) is 5.64. The summed E-state index contributed by atoms with van der Waals surface area (Å²) in [5, 5.41) is 10.5. The van der Waals surface area contributed by atoms with E-state index < -0.39 is 11.5 Å². The van der Waals surface area contributed by atoms with Crippen LogP contribution in [0.5, 0.6) is 0 Å². The molecule has 0 unspecified atom stereocenters. The highest BCUT2D eigenvalue weighted by molar-refractivity contribution is 6.43. The van der Waals surface area contributed by atoms with E-state index >= 15 is 0 Å². The number of aliphatic hydroxyl groups is 1. The van der Waals surface area contributed by atoms with E-state index in [1.807, 2.05) is 13.8 Å². The number of halogens is 4. The quantitative estimate of drug-likeness (QED) is 0.825. The Labute approximate surface area is 122 Å². The zero-order chi connectivity index (χ0) is 12.5. The molecule has 0 spiro atoms. The first-order valence-electron chi connectivity index (χ1n) is 4.80. The minimum absolute atomic E-state index is 0. The summed E-state index contributed by atoms with van der Waals surface area (Å²) < 4.78 is 0. The van der Waals surface area contributed by atoms with E-state index in [0.29, 0.717) is 20.6 Å². The van der Waals surface area contributed by atoms with Crippen LogP contribution in [-0.2, 0) is 0 Å². The van der Waals surface area contributed by atoms with Crippen LogP contribution >= 0.6 is 47.2 Å². The summed E-state index contributed by atoms with van der Waals surface area (Å²) in [6.45, 7) is 3.65. The van der Waals surface area contributed by atoms with Crippen molar-refractivity contribution in [1.82, 2.24) is 0 Å². The molecule has 3 N–H and O–H groups in total. The molecule has 0 aliphatic carbocycles. The van der Waals surface area contributed by atoms with Crippen LogP contribution in [0.1, 0.15) is 25.5 Å². The van der Waals surface area contributed by atoms with Crippen molar-refractivity contribution in [3.63, 3.8) is 0 Å². The number of nitrogens with two attached hydrogens (primary N) is 1. The van der Waals surface area contributed by atoms with E-state index in [4.69, 9.17) is 40.5 Å². The third kappa shape index (κ3) is 3.88. The van der Waals surface area contributed by atoms with E-state index in [1.54, 1.807) is 12.1 Å². The Bertz CT molecular complexity index is 395. The van der Waals surface area contributed by atoms with E-state index in [9.17, 15) is 5.11 Å². The highest BCUT2D eigenvalue weighted by Crippen LogP contribution is 2.39. The number of hydrogen-bond acceptors (Lipinski definition) is 2. The van der Waals surface area contributed by atoms with Gasteiger partial charge in [-0.2, -0.15) is 0 Å². The Balaban J connectivity index is 0.00000256. The van der Waals surface area contributed by atoms with E-state index in [2.05, 4.69) is 0 Å². The summed E-state index contributed by atoms with van der Waals surface area (Å²) >= 11 is 17.9. The molecule has 2 nitrogen and oxygen atoms in total. The van der Waals surface area contributed by atoms with Gasteiger partial charge in [0.1, 0.15) is 0 Å². The van der Waals surface area contributed by atoms with E-state index in [0.717, 1.165) is 0 Å². The number of benzene rings is 1. The van der Waals surface area contributed by atoms with Gasteiger partial charge in [0.05, 0.1) is 10.0 Å². The van der Waals surface area contributed by atoms with Crippen LogP contribution in [0.15, 0.2) is 12.1 Å². The van der Waals surface area contributed by atoms with Crippen molar-refractivity contribution in [3.05, 3.63) is 32.8 Å². The molecule has 1 atom stereocenters. The van der Waals surface area contributed by atoms with Crippen LogP contribution in [0.4, 0.5) is 0 Å². The molecule has 98 valence electrons. The Hall–Kier alpha value is 0.300. The van der Waals surface area contributed by atoms with Crippen molar-refractivity contribution < 1.29 is 5.11 Å². The molecule has 6 heteroatoms. The second kappa shape index (κ2) is 6.46. The lowest BCUT2D eigenvalue weighted by molar-refractivity contribution is 0.132. The molecule has 0 aliphatic rings. The van der Waals surface area contributed by atoms with Crippen molar-refractivity contribution in [1.29, 1.82) is 0 Å². The molecule has 0 fully saturated rings. The van der Waals surface area contributed by atoms with Crippen LogP contribution in [0.2, 0.25) is 15.1 Å². The first-order chi connectivity index (χ1) is 7.29. The smallest absolute Gasteiger partial charge is 0.0641 e. The minimum atomic E-state index is -0.488. The van der Waals surface area contributed by atoms with Crippen molar-refractivity contribution in [2.45, 2.75) is 19.9 Å². The van der Waals surface area contributed by atoms with Gasteiger partial charge < -0.3 is 10.8 Å². The molecule has 0 aliphatic heterocycles. The third-order valence-electron chi connectivity index (χ3n) is 2.61. The molecule has 0 radical (unpaired) electrons. The van der Waals surface area contributed by atoms with Gasteiger partial charge in [-0.15, -0.1) is 12.4 Å². The lowest BCUT2D eigenvalue weighted by Crippen LogP contribution is -2.32. The van der Waals surface area contributed by atoms with Crippen LogP contribution in [-0.4, -0.2) is 11.7 Å². The largest absolute Gasteiger partial charge is 0.396 e. The van der Waals surface area contributed by atoms with Gasteiger partial charge in [-0.3, -0.25) is 0 Å². The topological polar surface area (TPSA) is 46.2 Å². The lowest BCUT2D eigenvalue weighted by atomic mass is 9.82. The fourth-order valence-electron chi connectivity index (χ4n) is 1.32. The molecule has 0 saturated carbocycles. The SMILES string of the molecule is CC(C)(CO)[C@H](N)c1cc(Cl)cc(Cl)c1Cl.Cl. The molecule has 0 saturated heterocycles. The molecule has 1 rings (SSSR count). The summed E-state index contributed by atoms with van der Waals surface area (Å²) in [7, 11) is 0. The van der Waals surface area contributed by atoms with Gasteiger partial charge in [-0.25, -0.2) is 0 Å². The third-order valence-corrected chi connectivity index (χ3v) is 3.64. The Morgan fingerprint density at radius 3 is 2.29 bits per heavy atom. The summed E-state index contributed by atoms with van der Waals surface area (Å²) in [6.07, 6.45) is 0. The average molecular weight is 319 g/mol. The monoisotopic (exact) mass is 317 g/mol. The van der Waals surface area contributed by atoms with E-state index in [-0.39, 0.29) is 19.0 Å². The summed E-state index contributed by atoms with van der Waals surface area (Å²) in [4.78, 5) is 0. The predicted octanol–water partition coefficient (Wildman–Crippen LogP) is 4.09. The molecule has 1 aromatic rings. The molecular formula is C11H15Cl4NO. The van der Waals surface area contributed by atoms with Crippen LogP contribution < -0.4 is 5.73 Å². The molecule has 0 bridgehead atoms. The summed E-state index contributed by atoms with van der Waals surface area (Å²) in [6, 6.07) is 2.81. The Kier molecular flexibility index (Phi) is 6.58. The van der Waals surface area contributed by atoms with Crippen molar-refractivity contribution >= 4 is 47.2 Å². The zero-order valence-electron chi connectivity index (χ0n) is 9.51. The molecule has 17 heavy (non-hydrogen) atoms. The van der Waals surface area contributed by atoms with Gasteiger partial charge in [0.25, 0.3) is 0 Å². The maximum absolute atomic E-state index is 9.27. The van der Waals surface area contributed by atoms with Gasteiger partial charge in [0.15, 0.2) is 0 Å². The van der Waals surface area contributed by atoms with Crippen LogP contribution in [0.3, 0.4) is 0 Å². The fourth-order valence-corrected chi connectivity index (χ4v) is 2.06. The molecule has 1 aromatic carbocycles. The van der Waals surface area contributed by atoms with Gasteiger partial charge in [0.2, 0.25) is 0 Å². The Morgan fingerprint density at radius 2 is 1.82 bits per heavy atom. The predicted molar refractivity (Wildman–Crippen MR) is 76.5 cm³/mol. The van der Waals surface area contributed by atoms with Gasteiger partial charge in [0, 0.05) is 23.1 Å². The molecular weight excluding hydrogens is 304 g/mol. The van der Waals surface area contributed by atoms with Crippen LogP contribution in [0.25, 0.3) is 0 Å². The highest BCUT2D eigenvalue weighted by atomic mass is 35.5. The molecule has 0 heterocycles. The van der Waals surface area contributed by atoms with Crippen molar-refractivity contribution in [3.8, 4) is 0 Å².